The van der Waals surface area contributed by atoms with Crippen molar-refractivity contribution in [2.24, 2.45) is 0 Å². The van der Waals surface area contributed by atoms with Gasteiger partial charge >= 0.3 is 5.97 Å². The van der Waals surface area contributed by atoms with Crippen LogP contribution in [0.1, 0.15) is 26.2 Å². The van der Waals surface area contributed by atoms with Gasteiger partial charge in [-0.3, -0.25) is 14.4 Å². The molecule has 1 aliphatic carbocycles. The summed E-state index contributed by atoms with van der Waals surface area (Å²) in [6.07, 6.45) is 1.72. The molecule has 0 aliphatic heterocycles. The van der Waals surface area contributed by atoms with Gasteiger partial charge in [-0.05, 0) is 12.8 Å². The quantitative estimate of drug-likeness (QED) is 0.490. The average Bonchev–Trinajstić information content (AvgIpc) is 2.82. The Hall–Kier alpha value is -1.10. The largest absolute Gasteiger partial charge is 0.459 e. The van der Waals surface area contributed by atoms with E-state index in [-0.39, 0.29) is 18.3 Å². The van der Waals surface area contributed by atoms with Crippen LogP contribution in [0.25, 0.3) is 0 Å². The second-order valence-corrected chi connectivity index (χ2v) is 3.53. The standard InChI is InChI=1S/C9H15NO4/c1-7(11)14-9(4-5-9)6-8(12)10(2)13-3/h4-6H2,1-3H3. The monoisotopic (exact) mass is 201 g/mol. The van der Waals surface area contributed by atoms with E-state index in [1.807, 2.05) is 0 Å². The number of hydroxylamine groups is 2. The predicted octanol–water partition coefficient (Wildman–Crippen LogP) is 0.492. The summed E-state index contributed by atoms with van der Waals surface area (Å²) in [5.41, 5.74) is -0.546. The number of rotatable bonds is 4. The Kier molecular flexibility index (Phi) is 3.10. The molecule has 1 amide bonds. The second-order valence-electron chi connectivity index (χ2n) is 3.53. The van der Waals surface area contributed by atoms with Crippen LogP contribution in [0.15, 0.2) is 0 Å². The average molecular weight is 201 g/mol. The molecule has 1 rings (SSSR count). The summed E-state index contributed by atoms with van der Waals surface area (Å²) in [7, 11) is 2.95. The SMILES string of the molecule is CON(C)C(=O)CC1(OC(C)=O)CC1. The summed E-state index contributed by atoms with van der Waals surface area (Å²) in [4.78, 5) is 26.9. The lowest BCUT2D eigenvalue weighted by molar-refractivity contribution is -0.173. The van der Waals surface area contributed by atoms with E-state index in [9.17, 15) is 9.59 Å². The summed E-state index contributed by atoms with van der Waals surface area (Å²) in [5, 5.41) is 1.14. The van der Waals surface area contributed by atoms with Crippen LogP contribution in [-0.2, 0) is 19.2 Å². The first-order chi connectivity index (χ1) is 6.49. The fourth-order valence-electron chi connectivity index (χ4n) is 1.25. The molecule has 80 valence electrons. The van der Waals surface area contributed by atoms with Crippen molar-refractivity contribution in [3.8, 4) is 0 Å². The molecule has 0 aromatic heterocycles. The minimum Gasteiger partial charge on any atom is -0.459 e. The van der Waals surface area contributed by atoms with Crippen LogP contribution < -0.4 is 0 Å². The molecule has 0 saturated heterocycles. The Morgan fingerprint density at radius 1 is 1.43 bits per heavy atom. The van der Waals surface area contributed by atoms with Gasteiger partial charge in [0.25, 0.3) is 0 Å². The molecule has 0 N–H and O–H groups in total. The van der Waals surface area contributed by atoms with Crippen LogP contribution in [0.4, 0.5) is 0 Å². The maximum absolute atomic E-state index is 11.4. The maximum Gasteiger partial charge on any atom is 0.303 e. The molecule has 1 saturated carbocycles. The Labute approximate surface area is 82.9 Å². The molecule has 5 heteroatoms. The van der Waals surface area contributed by atoms with Crippen LogP contribution in [0, 0.1) is 0 Å². The minimum atomic E-state index is -0.546. The molecular weight excluding hydrogens is 186 g/mol. The third-order valence-corrected chi connectivity index (χ3v) is 2.27. The zero-order valence-electron chi connectivity index (χ0n) is 8.70. The van der Waals surface area contributed by atoms with Gasteiger partial charge in [-0.1, -0.05) is 0 Å². The number of carbonyl (C=O) groups is 2. The highest BCUT2D eigenvalue weighted by Crippen LogP contribution is 2.43. The number of ether oxygens (including phenoxy) is 1. The van der Waals surface area contributed by atoms with Crippen molar-refractivity contribution in [1.29, 1.82) is 0 Å². The first-order valence-corrected chi connectivity index (χ1v) is 4.49. The van der Waals surface area contributed by atoms with Crippen LogP contribution in [0.3, 0.4) is 0 Å². The molecule has 0 radical (unpaired) electrons. The molecule has 0 aromatic rings. The highest BCUT2D eigenvalue weighted by molar-refractivity contribution is 5.77. The second kappa shape index (κ2) is 3.96. The molecule has 0 bridgehead atoms. The van der Waals surface area contributed by atoms with Crippen molar-refractivity contribution >= 4 is 11.9 Å². The van der Waals surface area contributed by atoms with Crippen LogP contribution >= 0.6 is 0 Å². The highest BCUT2D eigenvalue weighted by atomic mass is 16.7. The molecule has 0 unspecified atom stereocenters. The van der Waals surface area contributed by atoms with E-state index < -0.39 is 5.60 Å². The minimum absolute atomic E-state index is 0.175. The lowest BCUT2D eigenvalue weighted by atomic mass is 10.2. The number of esters is 1. The van der Waals surface area contributed by atoms with E-state index >= 15 is 0 Å². The van der Waals surface area contributed by atoms with Gasteiger partial charge in [0.15, 0.2) is 0 Å². The van der Waals surface area contributed by atoms with Gasteiger partial charge in [-0.2, -0.15) is 0 Å². The first-order valence-electron chi connectivity index (χ1n) is 4.49. The number of carbonyl (C=O) groups excluding carboxylic acids is 2. The number of nitrogens with zero attached hydrogens (tertiary/aromatic N) is 1. The van der Waals surface area contributed by atoms with Gasteiger partial charge in [0.05, 0.1) is 13.5 Å². The van der Waals surface area contributed by atoms with Crippen LogP contribution in [-0.4, -0.2) is 36.7 Å². The molecule has 0 spiro atoms. The highest BCUT2D eigenvalue weighted by Gasteiger charge is 2.48. The first kappa shape index (κ1) is 11.0. The van der Waals surface area contributed by atoms with Crippen LogP contribution in [0.5, 0.6) is 0 Å². The van der Waals surface area contributed by atoms with Crippen molar-refractivity contribution < 1.29 is 19.2 Å². The van der Waals surface area contributed by atoms with Gasteiger partial charge in [0.1, 0.15) is 5.60 Å². The number of hydrogen-bond acceptors (Lipinski definition) is 4. The summed E-state index contributed by atoms with van der Waals surface area (Å²) >= 11 is 0. The Morgan fingerprint density at radius 2 is 2.00 bits per heavy atom. The lowest BCUT2D eigenvalue weighted by Gasteiger charge is -2.18. The molecule has 0 heterocycles. The van der Waals surface area contributed by atoms with E-state index in [0.29, 0.717) is 0 Å². The summed E-state index contributed by atoms with van der Waals surface area (Å²) in [6, 6.07) is 0. The fraction of sp³-hybridized carbons (Fsp3) is 0.778. The van der Waals surface area contributed by atoms with E-state index in [1.54, 1.807) is 0 Å². The molecule has 0 aromatic carbocycles. The van der Waals surface area contributed by atoms with Crippen molar-refractivity contribution in [3.63, 3.8) is 0 Å². The van der Waals surface area contributed by atoms with Crippen molar-refractivity contribution in [1.82, 2.24) is 5.06 Å². The molecule has 1 aliphatic rings. The smallest absolute Gasteiger partial charge is 0.303 e. The molecule has 0 atom stereocenters. The van der Waals surface area contributed by atoms with Crippen molar-refractivity contribution in [3.05, 3.63) is 0 Å². The summed E-state index contributed by atoms with van der Waals surface area (Å²) in [6.45, 7) is 1.35. The van der Waals surface area contributed by atoms with Gasteiger partial charge in [-0.25, -0.2) is 5.06 Å². The van der Waals surface area contributed by atoms with Gasteiger partial charge in [0, 0.05) is 14.0 Å². The maximum atomic E-state index is 11.4. The zero-order chi connectivity index (χ0) is 10.8. The van der Waals surface area contributed by atoms with E-state index in [4.69, 9.17) is 9.57 Å². The third-order valence-electron chi connectivity index (χ3n) is 2.27. The topological polar surface area (TPSA) is 55.8 Å². The van der Waals surface area contributed by atoms with Crippen molar-refractivity contribution in [2.45, 2.75) is 31.8 Å². The zero-order valence-corrected chi connectivity index (χ0v) is 8.70. The van der Waals surface area contributed by atoms with Gasteiger partial charge in [0.2, 0.25) is 5.91 Å². The predicted molar refractivity (Wildman–Crippen MR) is 48.1 cm³/mol. The van der Waals surface area contributed by atoms with E-state index in [2.05, 4.69) is 0 Å². The number of amides is 1. The summed E-state index contributed by atoms with van der Waals surface area (Å²) < 4.78 is 5.07. The van der Waals surface area contributed by atoms with Crippen molar-refractivity contribution in [2.75, 3.05) is 14.2 Å². The lowest BCUT2D eigenvalue weighted by Crippen LogP contribution is -2.31. The third kappa shape index (κ3) is 2.70. The summed E-state index contributed by atoms with van der Waals surface area (Å²) in [5.74, 6) is -0.512. The molecule has 5 nitrogen and oxygen atoms in total. The van der Waals surface area contributed by atoms with Gasteiger partial charge in [-0.15, -0.1) is 0 Å². The van der Waals surface area contributed by atoms with Crippen LogP contribution in [0.2, 0.25) is 0 Å². The fourth-order valence-corrected chi connectivity index (χ4v) is 1.25. The molecule has 14 heavy (non-hydrogen) atoms. The Bertz CT molecular complexity index is 247. The normalized spacial score (nSPS) is 17.4. The van der Waals surface area contributed by atoms with E-state index in [0.717, 1.165) is 17.9 Å². The molecular formula is C9H15NO4. The van der Waals surface area contributed by atoms with E-state index in [1.165, 1.54) is 21.1 Å². The molecule has 1 fully saturated rings. The Morgan fingerprint density at radius 3 is 2.36 bits per heavy atom. The Balaban J connectivity index is 2.43. The number of hydrogen-bond donors (Lipinski definition) is 0. The van der Waals surface area contributed by atoms with Gasteiger partial charge < -0.3 is 4.74 Å².